The van der Waals surface area contributed by atoms with Crippen LogP contribution in [0.5, 0.6) is 5.75 Å². The van der Waals surface area contributed by atoms with E-state index in [9.17, 15) is 9.18 Å². The Hall–Kier alpha value is -3.96. The van der Waals surface area contributed by atoms with E-state index < -0.39 is 5.60 Å². The average molecular weight is 747 g/mol. The highest BCUT2D eigenvalue weighted by atomic mass is 35.5. The fourth-order valence-electron chi connectivity index (χ4n) is 7.86. The molecular formula is C42H52ClFN4O5. The minimum Gasteiger partial charge on any atom is -0.493 e. The molecule has 0 aliphatic carbocycles. The number of benzene rings is 3. The Labute approximate surface area is 316 Å². The van der Waals surface area contributed by atoms with Crippen molar-refractivity contribution in [1.29, 1.82) is 0 Å². The molecule has 3 heterocycles. The first kappa shape index (κ1) is 38.8. The van der Waals surface area contributed by atoms with Gasteiger partial charge >= 0.3 is 5.97 Å². The molecule has 1 aliphatic rings. The summed E-state index contributed by atoms with van der Waals surface area (Å²) in [5.74, 6) is 0.369. The lowest BCUT2D eigenvalue weighted by atomic mass is 9.96. The van der Waals surface area contributed by atoms with E-state index in [1.807, 2.05) is 76.7 Å². The molecule has 284 valence electrons. The maximum Gasteiger partial charge on any atom is 0.355 e. The van der Waals surface area contributed by atoms with Gasteiger partial charge in [0.25, 0.3) is 0 Å². The fourth-order valence-corrected chi connectivity index (χ4v) is 8.10. The normalized spacial score (nSPS) is 14.5. The summed E-state index contributed by atoms with van der Waals surface area (Å²) in [7, 11) is 5.32. The van der Waals surface area contributed by atoms with Crippen molar-refractivity contribution in [3.05, 3.63) is 82.0 Å². The zero-order chi connectivity index (χ0) is 38.0. The number of hydrogen-bond donors (Lipinski definition) is 0. The lowest BCUT2D eigenvalue weighted by molar-refractivity contribution is -0.146. The van der Waals surface area contributed by atoms with Gasteiger partial charge in [-0.15, -0.1) is 0 Å². The number of fused-ring (bicyclic) bond motifs is 2. The van der Waals surface area contributed by atoms with E-state index in [1.54, 1.807) is 20.3 Å². The van der Waals surface area contributed by atoms with Crippen molar-refractivity contribution in [2.45, 2.75) is 78.7 Å². The zero-order valence-corrected chi connectivity index (χ0v) is 33.0. The summed E-state index contributed by atoms with van der Waals surface area (Å²) in [4.78, 5) is 16.9. The Morgan fingerprint density at radius 2 is 1.72 bits per heavy atom. The first-order chi connectivity index (χ1) is 25.3. The Kier molecular flexibility index (Phi) is 11.8. The fraction of sp³-hybridized carbons (Fsp3) is 0.476. The highest BCUT2D eigenvalue weighted by molar-refractivity contribution is 6.35. The highest BCUT2D eigenvalue weighted by Crippen LogP contribution is 2.42. The van der Waals surface area contributed by atoms with E-state index in [-0.39, 0.29) is 18.1 Å². The summed E-state index contributed by atoms with van der Waals surface area (Å²) in [6.45, 7) is 13.2. The van der Waals surface area contributed by atoms with Crippen LogP contribution in [0.1, 0.15) is 67.5 Å². The van der Waals surface area contributed by atoms with Crippen molar-refractivity contribution in [3.8, 4) is 16.9 Å². The monoisotopic (exact) mass is 746 g/mol. The number of methoxy groups -OCH3 is 2. The number of likely N-dealkylation sites (tertiary alicyclic amines) is 1. The quantitative estimate of drug-likeness (QED) is 0.0677. The summed E-state index contributed by atoms with van der Waals surface area (Å²) in [5.41, 5.74) is 5.31. The molecule has 0 unspecified atom stereocenters. The van der Waals surface area contributed by atoms with Crippen molar-refractivity contribution < 1.29 is 28.1 Å². The van der Waals surface area contributed by atoms with E-state index in [0.29, 0.717) is 48.4 Å². The molecule has 2 aromatic heterocycles. The summed E-state index contributed by atoms with van der Waals surface area (Å²) in [5, 5.41) is 7.92. The van der Waals surface area contributed by atoms with Gasteiger partial charge in [-0.1, -0.05) is 29.8 Å². The van der Waals surface area contributed by atoms with Crippen molar-refractivity contribution >= 4 is 39.2 Å². The van der Waals surface area contributed by atoms with Gasteiger partial charge in [-0.25, -0.2) is 9.18 Å². The van der Waals surface area contributed by atoms with Crippen LogP contribution in [0.25, 0.3) is 32.8 Å². The predicted octanol–water partition coefficient (Wildman–Crippen LogP) is 8.90. The highest BCUT2D eigenvalue weighted by Gasteiger charge is 2.32. The molecule has 0 atom stereocenters. The second-order valence-corrected chi connectivity index (χ2v) is 15.5. The molecule has 53 heavy (non-hydrogen) atoms. The summed E-state index contributed by atoms with van der Waals surface area (Å²) >= 11 is 7.14. The maximum atomic E-state index is 14.4. The van der Waals surface area contributed by atoms with Gasteiger partial charge < -0.3 is 28.4 Å². The van der Waals surface area contributed by atoms with E-state index in [4.69, 9.17) is 35.6 Å². The van der Waals surface area contributed by atoms with Crippen LogP contribution in [-0.4, -0.2) is 77.6 Å². The number of nitrogens with zero attached hydrogens (tertiary/aromatic N) is 4. The number of ether oxygens (including phenoxy) is 4. The summed E-state index contributed by atoms with van der Waals surface area (Å²) < 4.78 is 41.5. The molecule has 0 saturated carbocycles. The number of carbonyl (C=O) groups is 1. The molecule has 0 N–H and O–H groups in total. The van der Waals surface area contributed by atoms with E-state index in [0.717, 1.165) is 82.2 Å². The molecule has 3 aromatic carbocycles. The van der Waals surface area contributed by atoms with Crippen LogP contribution >= 0.6 is 11.6 Å². The third-order valence-electron chi connectivity index (χ3n) is 10.4. The zero-order valence-electron chi connectivity index (χ0n) is 32.2. The van der Waals surface area contributed by atoms with Gasteiger partial charge in [0.15, 0.2) is 6.29 Å². The summed E-state index contributed by atoms with van der Waals surface area (Å²) in [6.07, 6.45) is 2.89. The second-order valence-electron chi connectivity index (χ2n) is 15.1. The smallest absolute Gasteiger partial charge is 0.355 e. The number of piperidine rings is 1. The second kappa shape index (κ2) is 16.2. The molecule has 1 saturated heterocycles. The molecule has 0 bridgehead atoms. The number of aryl methyl sites for hydroxylation is 3. The van der Waals surface area contributed by atoms with Gasteiger partial charge in [0.2, 0.25) is 0 Å². The largest absolute Gasteiger partial charge is 0.493 e. The van der Waals surface area contributed by atoms with Gasteiger partial charge in [0, 0.05) is 67.9 Å². The molecule has 11 heteroatoms. The van der Waals surface area contributed by atoms with Crippen molar-refractivity contribution in [1.82, 2.24) is 19.2 Å². The molecule has 0 amide bonds. The minimum atomic E-state index is -0.704. The van der Waals surface area contributed by atoms with Crippen molar-refractivity contribution in [2.24, 2.45) is 13.0 Å². The molecule has 6 rings (SSSR count). The van der Waals surface area contributed by atoms with Gasteiger partial charge in [-0.05, 0) is 115 Å². The standard InChI is InChI=1S/C42H52ClFN4O5/c1-26-36(27(2)46(6)45-26)37-34(43)17-16-33-32(12-10-24-52-35-13-9-11-29-25-30(44)14-15-31(29)35)39(40(49)53-42(3,4)5)48(38(33)37)23-22-47-20-18-28(19-21-47)41(50-7)51-8/h9,11,13-17,25,28,41H,10,12,18-24H2,1-8H3. The molecule has 0 radical (unpaired) electrons. The van der Waals surface area contributed by atoms with Crippen LogP contribution < -0.4 is 4.74 Å². The number of esters is 1. The maximum absolute atomic E-state index is 14.4. The number of aromatic nitrogens is 3. The van der Waals surface area contributed by atoms with Crippen molar-refractivity contribution in [3.63, 3.8) is 0 Å². The Morgan fingerprint density at radius 1 is 1.00 bits per heavy atom. The number of halogens is 2. The Balaban J connectivity index is 1.40. The molecule has 1 fully saturated rings. The Bertz CT molecular complexity index is 2090. The average Bonchev–Trinajstić information content (AvgIpc) is 3.56. The first-order valence-electron chi connectivity index (χ1n) is 18.5. The lowest BCUT2D eigenvalue weighted by Crippen LogP contribution is -2.40. The predicted molar refractivity (Wildman–Crippen MR) is 208 cm³/mol. The molecule has 0 spiro atoms. The molecule has 9 nitrogen and oxygen atoms in total. The van der Waals surface area contributed by atoms with Crippen LogP contribution in [0.2, 0.25) is 5.02 Å². The van der Waals surface area contributed by atoms with Crippen LogP contribution in [-0.2, 0) is 34.2 Å². The van der Waals surface area contributed by atoms with Crippen LogP contribution in [0.15, 0.2) is 48.5 Å². The number of carbonyl (C=O) groups excluding carboxylic acids is 1. The summed E-state index contributed by atoms with van der Waals surface area (Å²) in [6, 6.07) is 14.3. The van der Waals surface area contributed by atoms with Crippen LogP contribution in [0.3, 0.4) is 0 Å². The van der Waals surface area contributed by atoms with E-state index in [2.05, 4.69) is 9.47 Å². The van der Waals surface area contributed by atoms with Crippen LogP contribution in [0.4, 0.5) is 4.39 Å². The molecule has 1 aliphatic heterocycles. The lowest BCUT2D eigenvalue weighted by Gasteiger charge is -2.35. The third-order valence-corrected chi connectivity index (χ3v) is 10.7. The van der Waals surface area contributed by atoms with Gasteiger partial charge in [0.1, 0.15) is 22.9 Å². The van der Waals surface area contributed by atoms with Gasteiger partial charge in [-0.3, -0.25) is 4.68 Å². The minimum absolute atomic E-state index is 0.213. The first-order valence-corrected chi connectivity index (χ1v) is 18.9. The van der Waals surface area contributed by atoms with E-state index >= 15 is 0 Å². The van der Waals surface area contributed by atoms with E-state index in [1.165, 1.54) is 12.1 Å². The number of hydrogen-bond acceptors (Lipinski definition) is 7. The SMILES string of the molecule is COC(OC)C1CCN(CCn2c(C(=O)OC(C)(C)C)c(CCCOc3cccc4cc(F)ccc34)c3ccc(Cl)c(-c4c(C)nn(C)c4C)c32)CC1. The molecular weight excluding hydrogens is 695 g/mol. The number of rotatable bonds is 13. The van der Waals surface area contributed by atoms with Crippen molar-refractivity contribution in [2.75, 3.05) is 40.5 Å². The van der Waals surface area contributed by atoms with Crippen LogP contribution in [0, 0.1) is 25.6 Å². The Morgan fingerprint density at radius 3 is 2.38 bits per heavy atom. The topological polar surface area (TPSA) is 80.0 Å². The third kappa shape index (κ3) is 8.26. The van der Waals surface area contributed by atoms with Gasteiger partial charge in [0.05, 0.1) is 22.8 Å². The molecule has 5 aromatic rings. The van der Waals surface area contributed by atoms with Gasteiger partial charge in [-0.2, -0.15) is 5.10 Å².